The number of aromatic nitrogens is 4. The summed E-state index contributed by atoms with van der Waals surface area (Å²) in [7, 11) is 0. The van der Waals surface area contributed by atoms with Crippen LogP contribution in [0.2, 0.25) is 0 Å². The highest BCUT2D eigenvalue weighted by atomic mass is 16.5. The molecule has 0 aliphatic carbocycles. The molecule has 1 N–H and O–H groups in total. The fourth-order valence-corrected chi connectivity index (χ4v) is 8.59. The number of anilines is 2. The maximum absolute atomic E-state index is 13.3. The largest absolute Gasteiger partial charge is 0.377 e. The van der Waals surface area contributed by atoms with Gasteiger partial charge in [-0.1, -0.05) is 30.3 Å². The maximum atomic E-state index is 13.3. The van der Waals surface area contributed by atoms with Crippen LogP contribution >= 0.6 is 0 Å². The zero-order chi connectivity index (χ0) is 42.7. The van der Waals surface area contributed by atoms with Gasteiger partial charge in [0.2, 0.25) is 11.8 Å². The summed E-state index contributed by atoms with van der Waals surface area (Å²) in [5.74, 6) is -1.42. The van der Waals surface area contributed by atoms with Crippen LogP contribution in [0.3, 0.4) is 0 Å². The Hall–Kier alpha value is -7.09. The standard InChI is InChI=1S/C46H44N10O6/c47-26-30-3-1-5-32(23-30)39-9-12-42(58)55(51-39)29-31-4-2-6-33(24-31)43-48-27-35(28-49-43)53-15-13-36(14-16-53)62-22-21-52-17-19-54(20-18-52)34-7-8-37-38(25-34)46(61)56(45(37)60)40-10-11-41(57)50-44(40)59/h1-9,12,23-25,27-28,36,40H,10-11,13-22,29H2,(H,50,57,59)/t40-/m0/s1. The molecular weight excluding hydrogens is 789 g/mol. The number of benzene rings is 3. The van der Waals surface area contributed by atoms with Crippen molar-refractivity contribution in [2.24, 2.45) is 0 Å². The van der Waals surface area contributed by atoms with Crippen LogP contribution in [0.15, 0.2) is 96.1 Å². The van der Waals surface area contributed by atoms with E-state index in [1.807, 2.05) is 48.8 Å². The summed E-state index contributed by atoms with van der Waals surface area (Å²) in [4.78, 5) is 80.4. The molecule has 0 saturated carbocycles. The fourth-order valence-electron chi connectivity index (χ4n) is 8.59. The molecule has 2 aromatic heterocycles. The van der Waals surface area contributed by atoms with E-state index in [9.17, 15) is 29.2 Å². The molecule has 3 aromatic carbocycles. The van der Waals surface area contributed by atoms with Crippen LogP contribution in [0, 0.1) is 11.3 Å². The maximum Gasteiger partial charge on any atom is 0.267 e. The van der Waals surface area contributed by atoms with Gasteiger partial charge in [0.05, 0.1) is 65.8 Å². The minimum absolute atomic E-state index is 0.0852. The molecule has 0 bridgehead atoms. The van der Waals surface area contributed by atoms with Crippen molar-refractivity contribution >= 4 is 35.0 Å². The molecule has 4 aliphatic rings. The average molecular weight is 833 g/mol. The second-order valence-electron chi connectivity index (χ2n) is 15.9. The zero-order valence-corrected chi connectivity index (χ0v) is 34.0. The van der Waals surface area contributed by atoms with Gasteiger partial charge in [-0.3, -0.25) is 39.1 Å². The number of rotatable bonds is 11. The summed E-state index contributed by atoms with van der Waals surface area (Å²) >= 11 is 0. The van der Waals surface area contributed by atoms with E-state index < -0.39 is 29.7 Å². The van der Waals surface area contributed by atoms with Gasteiger partial charge in [0, 0.05) is 75.1 Å². The number of nitrogens with one attached hydrogen (secondary N) is 1. The van der Waals surface area contributed by atoms with Crippen LogP contribution in [0.5, 0.6) is 0 Å². The third-order valence-corrected chi connectivity index (χ3v) is 12.0. The highest BCUT2D eigenvalue weighted by Gasteiger charge is 2.44. The van der Waals surface area contributed by atoms with Crippen molar-refractivity contribution in [3.63, 3.8) is 0 Å². The molecule has 4 aliphatic heterocycles. The van der Waals surface area contributed by atoms with E-state index in [0.717, 1.165) is 91.6 Å². The van der Waals surface area contributed by atoms with Crippen molar-refractivity contribution < 1.29 is 23.9 Å². The fraction of sp³-hybridized carbons (Fsp3) is 0.326. The Morgan fingerprint density at radius 2 is 1.48 bits per heavy atom. The molecule has 62 heavy (non-hydrogen) atoms. The van der Waals surface area contributed by atoms with Gasteiger partial charge in [-0.2, -0.15) is 10.4 Å². The van der Waals surface area contributed by atoms with Crippen LogP contribution in [0.25, 0.3) is 22.6 Å². The molecule has 4 amide bonds. The summed E-state index contributed by atoms with van der Waals surface area (Å²) < 4.78 is 7.75. The minimum Gasteiger partial charge on any atom is -0.377 e. The molecule has 3 fully saturated rings. The van der Waals surface area contributed by atoms with Crippen molar-refractivity contribution in [3.05, 3.63) is 124 Å². The topological polar surface area (TPSA) is 187 Å². The average Bonchev–Trinajstić information content (AvgIpc) is 3.55. The van der Waals surface area contributed by atoms with Crippen LogP contribution in [-0.2, 0) is 20.9 Å². The van der Waals surface area contributed by atoms with E-state index in [1.165, 1.54) is 10.7 Å². The third-order valence-electron chi connectivity index (χ3n) is 12.0. The van der Waals surface area contributed by atoms with E-state index in [1.54, 1.807) is 36.4 Å². The summed E-state index contributed by atoms with van der Waals surface area (Å²) in [5, 5.41) is 16.1. The van der Waals surface area contributed by atoms with Gasteiger partial charge in [0.1, 0.15) is 6.04 Å². The van der Waals surface area contributed by atoms with Crippen molar-refractivity contribution in [3.8, 4) is 28.7 Å². The zero-order valence-electron chi connectivity index (χ0n) is 34.0. The monoisotopic (exact) mass is 832 g/mol. The van der Waals surface area contributed by atoms with Crippen LogP contribution < -0.4 is 20.7 Å². The second-order valence-corrected chi connectivity index (χ2v) is 15.9. The lowest BCUT2D eigenvalue weighted by atomic mass is 10.0. The SMILES string of the molecule is N#Cc1cccc(-c2ccc(=O)n(Cc3cccc(-c4ncc(N5CCC(OCCN6CCN(c7ccc8c(c7)C(=O)N([C@H]7CCC(=O)NC7=O)C8=O)CC6)CC5)cn4)c3)n2)c1. The van der Waals surface area contributed by atoms with Gasteiger partial charge in [0.25, 0.3) is 17.4 Å². The van der Waals surface area contributed by atoms with Gasteiger partial charge in [-0.05, 0) is 67.3 Å². The summed E-state index contributed by atoms with van der Waals surface area (Å²) in [5.41, 5.74) is 5.79. The Morgan fingerprint density at radius 3 is 2.26 bits per heavy atom. The predicted octanol–water partition coefficient (Wildman–Crippen LogP) is 3.50. The number of hydrogen-bond donors (Lipinski definition) is 1. The highest BCUT2D eigenvalue weighted by Crippen LogP contribution is 2.31. The first kappa shape index (κ1) is 40.3. The quantitative estimate of drug-likeness (QED) is 0.191. The number of nitriles is 1. The molecule has 1 atom stereocenters. The first-order valence-corrected chi connectivity index (χ1v) is 20.9. The van der Waals surface area contributed by atoms with E-state index in [2.05, 4.69) is 31.2 Å². The molecule has 6 heterocycles. The van der Waals surface area contributed by atoms with Crippen LogP contribution in [0.1, 0.15) is 57.5 Å². The summed E-state index contributed by atoms with van der Waals surface area (Å²) in [6, 6.07) is 24.5. The Labute approximate surface area is 357 Å². The molecule has 16 heteroatoms. The number of amides is 4. The number of piperazine rings is 1. The highest BCUT2D eigenvalue weighted by molar-refractivity contribution is 6.23. The van der Waals surface area contributed by atoms with Crippen LogP contribution in [-0.4, -0.2) is 118 Å². The van der Waals surface area contributed by atoms with Crippen LogP contribution in [0.4, 0.5) is 11.4 Å². The Balaban J connectivity index is 0.719. The van der Waals surface area contributed by atoms with Crippen molar-refractivity contribution in [1.29, 1.82) is 5.26 Å². The van der Waals surface area contributed by atoms with Crippen molar-refractivity contribution in [2.75, 3.05) is 62.2 Å². The molecule has 9 rings (SSSR count). The van der Waals surface area contributed by atoms with E-state index in [4.69, 9.17) is 14.7 Å². The Morgan fingerprint density at radius 1 is 0.742 bits per heavy atom. The second kappa shape index (κ2) is 17.5. The number of nitrogens with zero attached hydrogens (tertiary/aromatic N) is 9. The number of fused-ring (bicyclic) bond motifs is 1. The van der Waals surface area contributed by atoms with E-state index >= 15 is 0 Å². The molecule has 0 unspecified atom stereocenters. The molecule has 5 aromatic rings. The van der Waals surface area contributed by atoms with Gasteiger partial charge >= 0.3 is 0 Å². The van der Waals surface area contributed by atoms with Gasteiger partial charge in [0.15, 0.2) is 5.82 Å². The number of hydrogen-bond acceptors (Lipinski definition) is 13. The first-order chi connectivity index (χ1) is 30.2. The molecule has 314 valence electrons. The van der Waals surface area contributed by atoms with Crippen molar-refractivity contribution in [1.82, 2.24) is 34.9 Å². The molecule has 16 nitrogen and oxygen atoms in total. The Kier molecular flexibility index (Phi) is 11.4. The molecule has 0 spiro atoms. The normalized spacial score (nSPS) is 18.5. The number of imide groups is 2. The molecular formula is C46H44N10O6. The third kappa shape index (κ3) is 8.45. The van der Waals surface area contributed by atoms with E-state index in [-0.39, 0.29) is 36.6 Å². The summed E-state index contributed by atoms with van der Waals surface area (Å²) in [6.45, 7) is 6.59. The smallest absolute Gasteiger partial charge is 0.267 e. The van der Waals surface area contributed by atoms with Gasteiger partial charge in [-0.15, -0.1) is 0 Å². The molecule has 0 radical (unpaired) electrons. The predicted molar refractivity (Wildman–Crippen MR) is 228 cm³/mol. The number of carbonyl (C=O) groups excluding carboxylic acids is 4. The Bertz CT molecular complexity index is 2640. The van der Waals surface area contributed by atoms with Crippen molar-refractivity contribution in [2.45, 2.75) is 44.4 Å². The summed E-state index contributed by atoms with van der Waals surface area (Å²) in [6.07, 6.45) is 5.90. The lowest BCUT2D eigenvalue weighted by Crippen LogP contribution is -2.54. The van der Waals surface area contributed by atoms with Gasteiger partial charge in [-0.25, -0.2) is 14.6 Å². The lowest BCUT2D eigenvalue weighted by Gasteiger charge is -2.37. The molecule has 3 saturated heterocycles. The van der Waals surface area contributed by atoms with E-state index in [0.29, 0.717) is 29.3 Å². The number of carbonyl (C=O) groups is 4. The number of ether oxygens (including phenoxy) is 1. The lowest BCUT2D eigenvalue weighted by molar-refractivity contribution is -0.136. The number of piperidine rings is 2. The van der Waals surface area contributed by atoms with Gasteiger partial charge < -0.3 is 14.5 Å². The first-order valence-electron chi connectivity index (χ1n) is 20.9. The minimum atomic E-state index is -0.981.